The van der Waals surface area contributed by atoms with E-state index in [0.717, 1.165) is 24.2 Å². The number of likely N-dealkylation sites (tertiary alicyclic amines) is 1. The van der Waals surface area contributed by atoms with E-state index in [1.165, 1.54) is 12.8 Å². The summed E-state index contributed by atoms with van der Waals surface area (Å²) in [5.74, 6) is 1.15. The lowest BCUT2D eigenvalue weighted by Gasteiger charge is -2.34. The third kappa shape index (κ3) is 3.19. The van der Waals surface area contributed by atoms with Gasteiger partial charge in [-0.05, 0) is 43.7 Å². The van der Waals surface area contributed by atoms with Crippen LogP contribution < -0.4 is 0 Å². The molecule has 0 spiro atoms. The van der Waals surface area contributed by atoms with E-state index in [-0.39, 0.29) is 0 Å². The monoisotopic (exact) mass is 321 g/mol. The van der Waals surface area contributed by atoms with Crippen molar-refractivity contribution in [2.45, 2.75) is 31.8 Å². The second-order valence-corrected chi connectivity index (χ2v) is 5.98. The molecule has 0 aliphatic carbocycles. The highest BCUT2D eigenvalue weighted by atomic mass is 16.4. The van der Waals surface area contributed by atoms with Crippen LogP contribution in [0.5, 0.6) is 0 Å². The predicted molar refractivity (Wildman–Crippen MR) is 88.8 cm³/mol. The lowest BCUT2D eigenvalue weighted by atomic mass is 9.99. The van der Waals surface area contributed by atoms with E-state index < -0.39 is 0 Å². The Labute approximate surface area is 140 Å². The van der Waals surface area contributed by atoms with Crippen LogP contribution in [-0.2, 0) is 6.54 Å². The van der Waals surface area contributed by atoms with Crippen molar-refractivity contribution in [3.8, 4) is 11.5 Å². The molecule has 4 rings (SSSR count). The number of hydrogen-bond donors (Lipinski definition) is 0. The van der Waals surface area contributed by atoms with E-state index in [0.29, 0.717) is 24.4 Å². The summed E-state index contributed by atoms with van der Waals surface area (Å²) in [5, 5.41) is 8.36. The Bertz CT molecular complexity index is 774. The molecule has 0 radical (unpaired) electrons. The van der Waals surface area contributed by atoms with Crippen molar-refractivity contribution >= 4 is 0 Å². The normalized spacial score (nSPS) is 18.6. The first-order valence-corrected chi connectivity index (χ1v) is 8.28. The van der Waals surface area contributed by atoms with Gasteiger partial charge in [-0.1, -0.05) is 12.5 Å². The summed E-state index contributed by atoms with van der Waals surface area (Å²) in [6, 6.07) is 10.2. The predicted octanol–water partition coefficient (Wildman–Crippen LogP) is 3.25. The summed E-state index contributed by atoms with van der Waals surface area (Å²) in [4.78, 5) is 11.0. The Hall–Kier alpha value is -2.60. The molecule has 4 heterocycles. The van der Waals surface area contributed by atoms with Crippen LogP contribution in [0.15, 0.2) is 53.3 Å². The molecule has 1 aliphatic heterocycles. The van der Waals surface area contributed by atoms with Crippen LogP contribution in [0.4, 0.5) is 0 Å². The van der Waals surface area contributed by atoms with Gasteiger partial charge in [0.05, 0.1) is 23.8 Å². The topological polar surface area (TPSA) is 67.9 Å². The molecule has 122 valence electrons. The zero-order valence-corrected chi connectivity index (χ0v) is 13.4. The Morgan fingerprint density at radius 3 is 2.92 bits per heavy atom. The number of piperidine rings is 1. The van der Waals surface area contributed by atoms with Gasteiger partial charge in [0.2, 0.25) is 11.8 Å². The second kappa shape index (κ2) is 6.88. The highest BCUT2D eigenvalue weighted by Crippen LogP contribution is 2.31. The first-order chi connectivity index (χ1) is 11.9. The molecule has 3 aromatic heterocycles. The van der Waals surface area contributed by atoms with Gasteiger partial charge in [-0.3, -0.25) is 14.9 Å². The van der Waals surface area contributed by atoms with E-state index in [2.05, 4.69) is 31.1 Å². The van der Waals surface area contributed by atoms with Crippen LogP contribution >= 0.6 is 0 Å². The van der Waals surface area contributed by atoms with Crippen molar-refractivity contribution in [1.29, 1.82) is 0 Å². The Balaban J connectivity index is 1.52. The van der Waals surface area contributed by atoms with Gasteiger partial charge in [0.25, 0.3) is 0 Å². The molecule has 0 amide bonds. The molecule has 1 saturated heterocycles. The fourth-order valence-corrected chi connectivity index (χ4v) is 3.19. The molecule has 6 nitrogen and oxygen atoms in total. The average Bonchev–Trinajstić information content (AvgIpc) is 3.12. The Morgan fingerprint density at radius 1 is 1.08 bits per heavy atom. The Kier molecular flexibility index (Phi) is 4.29. The van der Waals surface area contributed by atoms with Crippen LogP contribution in [0.25, 0.3) is 11.5 Å². The lowest BCUT2D eigenvalue weighted by molar-refractivity contribution is 0.125. The lowest BCUT2D eigenvalue weighted by Crippen LogP contribution is -2.33. The first-order valence-electron chi connectivity index (χ1n) is 8.28. The summed E-state index contributed by atoms with van der Waals surface area (Å²) >= 11 is 0. The molecule has 0 aromatic carbocycles. The van der Waals surface area contributed by atoms with Gasteiger partial charge in [0, 0.05) is 18.6 Å². The maximum atomic E-state index is 5.83. The zero-order valence-electron chi connectivity index (χ0n) is 13.4. The van der Waals surface area contributed by atoms with Gasteiger partial charge >= 0.3 is 0 Å². The number of pyridine rings is 2. The summed E-state index contributed by atoms with van der Waals surface area (Å²) < 4.78 is 5.83. The number of aromatic nitrogens is 4. The molecular weight excluding hydrogens is 302 g/mol. The summed E-state index contributed by atoms with van der Waals surface area (Å²) in [7, 11) is 0. The van der Waals surface area contributed by atoms with E-state index >= 15 is 0 Å². The van der Waals surface area contributed by atoms with Crippen LogP contribution in [0, 0.1) is 0 Å². The molecule has 3 aromatic rings. The zero-order chi connectivity index (χ0) is 16.2. The van der Waals surface area contributed by atoms with Crippen molar-refractivity contribution in [2.75, 3.05) is 6.54 Å². The van der Waals surface area contributed by atoms with Crippen molar-refractivity contribution in [3.63, 3.8) is 0 Å². The van der Waals surface area contributed by atoms with E-state index in [1.807, 2.05) is 30.5 Å². The Morgan fingerprint density at radius 2 is 2.08 bits per heavy atom. The van der Waals surface area contributed by atoms with Crippen molar-refractivity contribution in [3.05, 3.63) is 60.5 Å². The highest BCUT2D eigenvalue weighted by Gasteiger charge is 2.26. The third-order valence-electron chi connectivity index (χ3n) is 4.36. The van der Waals surface area contributed by atoms with Crippen molar-refractivity contribution in [1.82, 2.24) is 25.1 Å². The quantitative estimate of drug-likeness (QED) is 0.735. The SMILES string of the molecule is c1ccc([C@H]2CCCCN2Cc2nnc(-c3cccnc3)o2)nc1. The molecule has 0 unspecified atom stereocenters. The minimum absolute atomic E-state index is 0.314. The molecule has 1 fully saturated rings. The standard InChI is InChI=1S/C18H19N5O/c1-3-10-20-15(7-1)16-8-2-4-11-23(16)13-17-21-22-18(24-17)14-6-5-9-19-12-14/h1,3,5-7,9-10,12,16H,2,4,8,11,13H2/t16-/m1/s1. The largest absolute Gasteiger partial charge is 0.419 e. The van der Waals surface area contributed by atoms with E-state index in [9.17, 15) is 0 Å². The molecule has 1 aliphatic rings. The second-order valence-electron chi connectivity index (χ2n) is 5.98. The van der Waals surface area contributed by atoms with Crippen LogP contribution in [0.2, 0.25) is 0 Å². The van der Waals surface area contributed by atoms with Gasteiger partial charge < -0.3 is 4.42 Å². The van der Waals surface area contributed by atoms with E-state index in [1.54, 1.807) is 12.4 Å². The fourth-order valence-electron chi connectivity index (χ4n) is 3.19. The molecule has 24 heavy (non-hydrogen) atoms. The molecule has 0 saturated carbocycles. The van der Waals surface area contributed by atoms with Crippen LogP contribution in [0.3, 0.4) is 0 Å². The molecular formula is C18H19N5O. The van der Waals surface area contributed by atoms with Gasteiger partial charge in [-0.2, -0.15) is 0 Å². The molecule has 6 heteroatoms. The summed E-state index contributed by atoms with van der Waals surface area (Å²) in [6.45, 7) is 1.67. The van der Waals surface area contributed by atoms with Crippen LogP contribution in [0.1, 0.15) is 36.9 Å². The highest BCUT2D eigenvalue weighted by molar-refractivity contribution is 5.49. The van der Waals surface area contributed by atoms with Gasteiger partial charge in [0.1, 0.15) is 0 Å². The van der Waals surface area contributed by atoms with Gasteiger partial charge in [-0.25, -0.2) is 0 Å². The summed E-state index contributed by atoms with van der Waals surface area (Å²) in [5.41, 5.74) is 1.96. The maximum Gasteiger partial charge on any atom is 0.249 e. The van der Waals surface area contributed by atoms with Crippen LogP contribution in [-0.4, -0.2) is 31.6 Å². The minimum Gasteiger partial charge on any atom is -0.419 e. The van der Waals surface area contributed by atoms with E-state index in [4.69, 9.17) is 4.42 Å². The van der Waals surface area contributed by atoms with Crippen molar-refractivity contribution < 1.29 is 4.42 Å². The molecule has 0 bridgehead atoms. The van der Waals surface area contributed by atoms with Gasteiger partial charge in [-0.15, -0.1) is 10.2 Å². The minimum atomic E-state index is 0.314. The third-order valence-corrected chi connectivity index (χ3v) is 4.36. The average molecular weight is 321 g/mol. The number of hydrogen-bond acceptors (Lipinski definition) is 6. The fraction of sp³-hybridized carbons (Fsp3) is 0.333. The summed E-state index contributed by atoms with van der Waals surface area (Å²) in [6.07, 6.45) is 8.84. The first kappa shape index (κ1) is 15.0. The number of nitrogens with zero attached hydrogens (tertiary/aromatic N) is 5. The smallest absolute Gasteiger partial charge is 0.249 e. The number of rotatable bonds is 4. The maximum absolute atomic E-state index is 5.83. The van der Waals surface area contributed by atoms with Crippen molar-refractivity contribution in [2.24, 2.45) is 0 Å². The molecule has 0 N–H and O–H groups in total. The van der Waals surface area contributed by atoms with Gasteiger partial charge in [0.15, 0.2) is 0 Å². The molecule has 1 atom stereocenters.